The molecule has 10 nitrogen and oxygen atoms in total. The van der Waals surface area contributed by atoms with Crippen LogP contribution in [0.1, 0.15) is 11.1 Å². The van der Waals surface area contributed by atoms with Crippen molar-refractivity contribution in [1.29, 1.82) is 0 Å². The fourth-order valence-electron chi connectivity index (χ4n) is 3.71. The number of aromatic nitrogens is 3. The van der Waals surface area contributed by atoms with Gasteiger partial charge in [-0.25, -0.2) is 5.43 Å². The molecule has 0 bridgehead atoms. The summed E-state index contributed by atoms with van der Waals surface area (Å²) < 4.78 is 23.3. The van der Waals surface area contributed by atoms with Crippen molar-refractivity contribution in [3.05, 3.63) is 71.8 Å². The number of methoxy groups -OCH3 is 4. The summed E-state index contributed by atoms with van der Waals surface area (Å²) in [6.45, 7) is 2.03. The minimum atomic E-state index is -0.313. The molecule has 0 aliphatic heterocycles. The summed E-state index contributed by atoms with van der Waals surface area (Å²) in [6, 6.07) is 19.0. The van der Waals surface area contributed by atoms with E-state index in [1.807, 2.05) is 60.0 Å². The van der Waals surface area contributed by atoms with E-state index in [4.69, 9.17) is 18.9 Å². The molecule has 0 atom stereocenters. The molecule has 0 spiro atoms. The molecule has 11 heteroatoms. The smallest absolute Gasteiger partial charge is 0.250 e. The largest absolute Gasteiger partial charge is 0.497 e. The Bertz CT molecular complexity index is 1430. The maximum Gasteiger partial charge on any atom is 0.250 e. The van der Waals surface area contributed by atoms with Crippen molar-refractivity contribution in [1.82, 2.24) is 20.2 Å². The Morgan fingerprint density at radius 1 is 0.897 bits per heavy atom. The maximum atomic E-state index is 12.7. The second-order valence-electron chi connectivity index (χ2n) is 8.23. The van der Waals surface area contributed by atoms with Gasteiger partial charge in [-0.15, -0.1) is 10.2 Å². The number of hydrazone groups is 1. The minimum absolute atomic E-state index is 0.0703. The van der Waals surface area contributed by atoms with Crippen LogP contribution in [0.2, 0.25) is 0 Å². The lowest BCUT2D eigenvalue weighted by Crippen LogP contribution is -2.20. The Morgan fingerprint density at radius 3 is 2.13 bits per heavy atom. The summed E-state index contributed by atoms with van der Waals surface area (Å²) in [4.78, 5) is 12.7. The minimum Gasteiger partial charge on any atom is -0.497 e. The lowest BCUT2D eigenvalue weighted by molar-refractivity contribution is -0.118. The Labute approximate surface area is 231 Å². The Morgan fingerprint density at radius 2 is 1.54 bits per heavy atom. The number of amides is 1. The van der Waals surface area contributed by atoms with Crippen LogP contribution in [0.15, 0.2) is 70.9 Å². The average Bonchev–Trinajstić information content (AvgIpc) is 3.40. The lowest BCUT2D eigenvalue weighted by atomic mass is 10.2. The van der Waals surface area contributed by atoms with E-state index in [0.29, 0.717) is 33.8 Å². The molecule has 1 aromatic heterocycles. The number of aryl methyl sites for hydroxylation is 1. The van der Waals surface area contributed by atoms with Crippen LogP contribution in [0.3, 0.4) is 0 Å². The Hall–Kier alpha value is -4.51. The van der Waals surface area contributed by atoms with E-state index in [2.05, 4.69) is 20.7 Å². The first-order valence-electron chi connectivity index (χ1n) is 11.9. The predicted molar refractivity (Wildman–Crippen MR) is 151 cm³/mol. The summed E-state index contributed by atoms with van der Waals surface area (Å²) in [6.07, 6.45) is 1.47. The Balaban J connectivity index is 1.52. The number of carbonyl (C=O) groups is 1. The van der Waals surface area contributed by atoms with Gasteiger partial charge in [0, 0.05) is 23.4 Å². The van der Waals surface area contributed by atoms with Gasteiger partial charge in [-0.1, -0.05) is 29.5 Å². The van der Waals surface area contributed by atoms with Crippen LogP contribution in [0.4, 0.5) is 0 Å². The zero-order valence-corrected chi connectivity index (χ0v) is 23.1. The zero-order chi connectivity index (χ0) is 27.8. The molecule has 1 heterocycles. The molecule has 0 radical (unpaired) electrons. The van der Waals surface area contributed by atoms with Crippen molar-refractivity contribution in [3.8, 4) is 40.1 Å². The van der Waals surface area contributed by atoms with Crippen LogP contribution < -0.4 is 24.4 Å². The molecule has 202 valence electrons. The maximum absolute atomic E-state index is 12.7. The number of nitrogens with zero attached hydrogens (tertiary/aromatic N) is 4. The average molecular weight is 548 g/mol. The molecule has 1 N–H and O–H groups in total. The monoisotopic (exact) mass is 547 g/mol. The van der Waals surface area contributed by atoms with E-state index >= 15 is 0 Å². The van der Waals surface area contributed by atoms with E-state index in [9.17, 15) is 4.79 Å². The molecule has 0 saturated carbocycles. The van der Waals surface area contributed by atoms with Gasteiger partial charge < -0.3 is 18.9 Å². The standard InChI is InChI=1S/C28H29N5O5S/c1-18-6-10-20(11-7-18)33-27(19-8-12-21(35-2)13-9-19)31-32-28(33)39-17-26(34)30-29-16-23-24(37-4)14-22(36-3)15-25(23)38-5/h6-16H,17H2,1-5H3,(H,30,34)/b29-16-. The van der Waals surface area contributed by atoms with Gasteiger partial charge >= 0.3 is 0 Å². The van der Waals surface area contributed by atoms with Gasteiger partial charge in [0.1, 0.15) is 23.0 Å². The third-order valence-corrected chi connectivity index (χ3v) is 6.67. The summed E-state index contributed by atoms with van der Waals surface area (Å²) in [5, 5.41) is 13.5. The van der Waals surface area contributed by atoms with Gasteiger partial charge in [-0.2, -0.15) is 5.10 Å². The second-order valence-corrected chi connectivity index (χ2v) is 9.18. The fraction of sp³-hybridized carbons (Fsp3) is 0.214. The van der Waals surface area contributed by atoms with Gasteiger partial charge in [0.2, 0.25) is 0 Å². The van der Waals surface area contributed by atoms with Crippen LogP contribution in [-0.4, -0.2) is 61.1 Å². The van der Waals surface area contributed by atoms with E-state index in [1.54, 1.807) is 26.4 Å². The molecular weight excluding hydrogens is 518 g/mol. The van der Waals surface area contributed by atoms with Crippen molar-refractivity contribution in [3.63, 3.8) is 0 Å². The quantitative estimate of drug-likeness (QED) is 0.166. The molecule has 39 heavy (non-hydrogen) atoms. The normalized spacial score (nSPS) is 10.9. The van der Waals surface area contributed by atoms with Crippen molar-refractivity contribution in [2.45, 2.75) is 12.1 Å². The molecule has 3 aromatic carbocycles. The van der Waals surface area contributed by atoms with Gasteiger partial charge in [0.25, 0.3) is 5.91 Å². The first-order chi connectivity index (χ1) is 19.0. The molecule has 4 rings (SSSR count). The van der Waals surface area contributed by atoms with E-state index in [-0.39, 0.29) is 11.7 Å². The molecule has 0 aliphatic carbocycles. The topological polar surface area (TPSA) is 109 Å². The van der Waals surface area contributed by atoms with Crippen molar-refractivity contribution in [2.75, 3.05) is 34.2 Å². The summed E-state index contributed by atoms with van der Waals surface area (Å²) in [7, 11) is 6.24. The van der Waals surface area contributed by atoms with E-state index in [0.717, 1.165) is 22.6 Å². The highest BCUT2D eigenvalue weighted by Crippen LogP contribution is 2.33. The highest BCUT2D eigenvalue weighted by Gasteiger charge is 2.18. The number of rotatable bonds is 11. The SMILES string of the molecule is COc1ccc(-c2nnc(SCC(=O)N/N=C\c3c(OC)cc(OC)cc3OC)n2-c2ccc(C)cc2)cc1. The zero-order valence-electron chi connectivity index (χ0n) is 22.3. The Kier molecular flexibility index (Phi) is 9.06. The van der Waals surface area contributed by atoms with Crippen molar-refractivity contribution >= 4 is 23.9 Å². The van der Waals surface area contributed by atoms with Gasteiger partial charge in [-0.05, 0) is 43.3 Å². The number of nitrogens with one attached hydrogen (secondary N) is 1. The number of hydrogen-bond acceptors (Lipinski definition) is 9. The highest BCUT2D eigenvalue weighted by atomic mass is 32.2. The predicted octanol–water partition coefficient (Wildman–Crippen LogP) is 4.52. The molecule has 0 unspecified atom stereocenters. The van der Waals surface area contributed by atoms with E-state index in [1.165, 1.54) is 32.2 Å². The number of carbonyl (C=O) groups excluding carboxylic acids is 1. The van der Waals surface area contributed by atoms with Crippen LogP contribution in [0.5, 0.6) is 23.0 Å². The molecule has 1 amide bonds. The number of hydrogen-bond donors (Lipinski definition) is 1. The highest BCUT2D eigenvalue weighted by molar-refractivity contribution is 7.99. The second kappa shape index (κ2) is 12.8. The van der Waals surface area contributed by atoms with Crippen LogP contribution in [-0.2, 0) is 4.79 Å². The van der Waals surface area contributed by atoms with Gasteiger partial charge in [0.05, 0.1) is 46.0 Å². The number of benzene rings is 3. The first-order valence-corrected chi connectivity index (χ1v) is 12.9. The van der Waals surface area contributed by atoms with Gasteiger partial charge in [-0.3, -0.25) is 9.36 Å². The molecule has 4 aromatic rings. The van der Waals surface area contributed by atoms with E-state index < -0.39 is 0 Å². The molecule has 0 fully saturated rings. The van der Waals surface area contributed by atoms with Crippen molar-refractivity contribution in [2.24, 2.45) is 5.10 Å². The number of ether oxygens (including phenoxy) is 4. The lowest BCUT2D eigenvalue weighted by Gasteiger charge is -2.12. The number of thioether (sulfide) groups is 1. The van der Waals surface area contributed by atoms with Crippen LogP contribution in [0, 0.1) is 6.92 Å². The van der Waals surface area contributed by atoms with Gasteiger partial charge in [0.15, 0.2) is 11.0 Å². The molecule has 0 saturated heterocycles. The summed E-state index contributed by atoms with van der Waals surface area (Å²) in [5.41, 5.74) is 6.00. The van der Waals surface area contributed by atoms with Crippen molar-refractivity contribution < 1.29 is 23.7 Å². The third-order valence-electron chi connectivity index (χ3n) is 5.74. The molecular formula is C28H29N5O5S. The van der Waals surface area contributed by atoms with Crippen LogP contribution in [0.25, 0.3) is 17.1 Å². The first kappa shape index (κ1) is 27.5. The fourth-order valence-corrected chi connectivity index (χ4v) is 4.45. The summed E-state index contributed by atoms with van der Waals surface area (Å²) in [5.74, 6) is 2.73. The summed E-state index contributed by atoms with van der Waals surface area (Å²) >= 11 is 1.26. The van der Waals surface area contributed by atoms with Crippen LogP contribution >= 0.6 is 11.8 Å². The third kappa shape index (κ3) is 6.50. The molecule has 0 aliphatic rings.